The second-order valence-corrected chi connectivity index (χ2v) is 9.73. The van der Waals surface area contributed by atoms with Gasteiger partial charge < -0.3 is 10.0 Å². The van der Waals surface area contributed by atoms with Gasteiger partial charge in [-0.25, -0.2) is 9.69 Å². The lowest BCUT2D eigenvalue weighted by molar-refractivity contribution is -0.327. The van der Waals surface area contributed by atoms with E-state index in [1.54, 1.807) is 38.4 Å². The third kappa shape index (κ3) is 6.01. The number of hydroxylamine groups is 1. The molecular weight excluding hydrogens is 523 g/mol. The van der Waals surface area contributed by atoms with Gasteiger partial charge in [0.05, 0.1) is 23.8 Å². The average molecular weight is 550 g/mol. The van der Waals surface area contributed by atoms with Crippen molar-refractivity contribution in [1.29, 1.82) is 0 Å². The minimum atomic E-state index is -5.23. The molecule has 2 fully saturated rings. The molecule has 14 heteroatoms. The quantitative estimate of drug-likeness (QED) is 0.394. The molecule has 4 rings (SSSR count). The molecule has 39 heavy (non-hydrogen) atoms. The second-order valence-electron chi connectivity index (χ2n) is 9.73. The fraction of sp³-hybridized carbons (Fsp3) is 0.400. The number of amides is 4. The van der Waals surface area contributed by atoms with Crippen LogP contribution in [0.3, 0.4) is 0 Å². The van der Waals surface area contributed by atoms with Gasteiger partial charge >= 0.3 is 18.4 Å². The lowest BCUT2D eigenvalue weighted by Gasteiger charge is -2.27. The highest BCUT2D eigenvalue weighted by Gasteiger charge is 2.52. The number of carboxylic acids is 1. The summed E-state index contributed by atoms with van der Waals surface area (Å²) in [5.41, 5.74) is -0.972. The fourth-order valence-corrected chi connectivity index (χ4v) is 4.54. The highest BCUT2D eigenvalue weighted by Crippen LogP contribution is 2.35. The molecule has 1 atom stereocenters. The molecule has 2 aliphatic heterocycles. The number of halogens is 3. The van der Waals surface area contributed by atoms with Gasteiger partial charge in [-0.3, -0.25) is 24.3 Å². The molecule has 11 nitrogen and oxygen atoms in total. The lowest BCUT2D eigenvalue weighted by atomic mass is 10.0. The zero-order valence-corrected chi connectivity index (χ0v) is 21.1. The number of rotatable bonds is 8. The maximum Gasteiger partial charge on any atom is 0.544 e. The molecule has 1 aromatic heterocycles. The Labute approximate surface area is 221 Å². The molecule has 2 saturated heterocycles. The minimum absolute atomic E-state index is 0.000145. The van der Waals surface area contributed by atoms with Gasteiger partial charge in [0.2, 0.25) is 0 Å². The van der Waals surface area contributed by atoms with E-state index in [9.17, 15) is 32.3 Å². The molecule has 0 bridgehead atoms. The van der Waals surface area contributed by atoms with Crippen LogP contribution in [0.1, 0.15) is 25.8 Å². The van der Waals surface area contributed by atoms with Crippen LogP contribution in [0.25, 0.3) is 0 Å². The van der Waals surface area contributed by atoms with Crippen LogP contribution in [0.4, 0.5) is 29.3 Å². The standard InChI is InChI=1S/C25H26F3N5O6/c1-24(2)22(37)32(23(38)31(24)13-16-6-9-29-10-7-16)18-4-3-5-19(12-18)33(39-25(26,27)28)20(34)15-30-11-8-17(14-30)21(35)36/h3-7,9-10,12,17H,8,11,13-15H2,1-2H3,(H,35,36). The van der Waals surface area contributed by atoms with Gasteiger partial charge in [0.1, 0.15) is 5.54 Å². The van der Waals surface area contributed by atoms with Crippen molar-refractivity contribution in [1.82, 2.24) is 14.8 Å². The summed E-state index contributed by atoms with van der Waals surface area (Å²) < 4.78 is 39.8. The number of alkyl halides is 3. The molecule has 1 N–H and O–H groups in total. The molecule has 4 amide bonds. The maximum absolute atomic E-state index is 13.4. The molecule has 0 aliphatic carbocycles. The highest BCUT2D eigenvalue weighted by atomic mass is 19.4. The van der Waals surface area contributed by atoms with Crippen molar-refractivity contribution in [3.8, 4) is 0 Å². The number of benzene rings is 1. The SMILES string of the molecule is CC1(C)C(=O)N(c2cccc(N(OC(F)(F)F)C(=O)CN3CCC(C(=O)O)C3)c2)C(=O)N1Cc1ccncc1. The van der Waals surface area contributed by atoms with E-state index >= 15 is 0 Å². The Morgan fingerprint density at radius 3 is 2.49 bits per heavy atom. The van der Waals surface area contributed by atoms with E-state index in [0.29, 0.717) is 0 Å². The second kappa shape index (κ2) is 10.6. The highest BCUT2D eigenvalue weighted by molar-refractivity contribution is 6.23. The Kier molecular flexibility index (Phi) is 7.61. The summed E-state index contributed by atoms with van der Waals surface area (Å²) in [5.74, 6) is -3.50. The van der Waals surface area contributed by atoms with Crippen molar-refractivity contribution >= 4 is 35.2 Å². The first-order valence-electron chi connectivity index (χ1n) is 12.0. The van der Waals surface area contributed by atoms with Gasteiger partial charge in [0, 0.05) is 25.5 Å². The van der Waals surface area contributed by atoms with E-state index in [0.717, 1.165) is 16.5 Å². The van der Waals surface area contributed by atoms with E-state index < -0.39 is 48.2 Å². The first-order chi connectivity index (χ1) is 18.3. The zero-order valence-electron chi connectivity index (χ0n) is 21.1. The number of carboxylic acid groups (broad SMARTS) is 1. The van der Waals surface area contributed by atoms with Crippen LogP contribution in [-0.4, -0.2) is 75.2 Å². The number of pyridine rings is 1. The predicted molar refractivity (Wildman–Crippen MR) is 130 cm³/mol. The monoisotopic (exact) mass is 549 g/mol. The number of hydrogen-bond acceptors (Lipinski definition) is 7. The van der Waals surface area contributed by atoms with Crippen LogP contribution in [0, 0.1) is 5.92 Å². The summed E-state index contributed by atoms with van der Waals surface area (Å²) in [7, 11) is 0. The fourth-order valence-electron chi connectivity index (χ4n) is 4.54. The smallest absolute Gasteiger partial charge is 0.481 e. The molecule has 3 heterocycles. The van der Waals surface area contributed by atoms with Gasteiger partial charge in [-0.2, -0.15) is 9.90 Å². The number of anilines is 2. The number of carbonyl (C=O) groups excluding carboxylic acids is 3. The molecule has 1 unspecified atom stereocenters. The summed E-state index contributed by atoms with van der Waals surface area (Å²) in [4.78, 5) is 62.3. The Balaban J connectivity index is 1.60. The molecule has 0 spiro atoms. The first kappa shape index (κ1) is 28.0. The Morgan fingerprint density at radius 2 is 1.87 bits per heavy atom. The number of nitrogens with zero attached hydrogens (tertiary/aromatic N) is 5. The van der Waals surface area contributed by atoms with Gasteiger partial charge in [-0.15, -0.1) is 13.2 Å². The van der Waals surface area contributed by atoms with Crippen LogP contribution in [0.15, 0.2) is 48.8 Å². The largest absolute Gasteiger partial charge is 0.544 e. The van der Waals surface area contributed by atoms with Crippen molar-refractivity contribution in [2.45, 2.75) is 38.7 Å². The number of likely N-dealkylation sites (tertiary alicyclic amines) is 1. The van der Waals surface area contributed by atoms with Crippen molar-refractivity contribution < 1.29 is 42.3 Å². The van der Waals surface area contributed by atoms with Crippen LogP contribution < -0.4 is 9.96 Å². The minimum Gasteiger partial charge on any atom is -0.481 e. The number of aliphatic carboxylic acids is 1. The normalized spacial score (nSPS) is 19.6. The summed E-state index contributed by atoms with van der Waals surface area (Å²) in [6.45, 7) is 2.88. The van der Waals surface area contributed by atoms with Crippen molar-refractivity contribution in [3.63, 3.8) is 0 Å². The van der Waals surface area contributed by atoms with Gasteiger partial charge in [0.25, 0.3) is 11.8 Å². The summed E-state index contributed by atoms with van der Waals surface area (Å²) in [6.07, 6.45) is -1.89. The number of hydrogen-bond donors (Lipinski definition) is 1. The van der Waals surface area contributed by atoms with Gasteiger partial charge in [-0.1, -0.05) is 6.07 Å². The van der Waals surface area contributed by atoms with Gasteiger partial charge in [-0.05, 0) is 62.7 Å². The lowest BCUT2D eigenvalue weighted by Crippen LogP contribution is -2.43. The van der Waals surface area contributed by atoms with E-state index in [-0.39, 0.29) is 42.5 Å². The number of imide groups is 1. The summed E-state index contributed by atoms with van der Waals surface area (Å²) in [5, 5.41) is 9.20. The molecule has 2 aromatic rings. The van der Waals surface area contributed by atoms with Crippen LogP contribution in [0.2, 0.25) is 0 Å². The van der Waals surface area contributed by atoms with Crippen LogP contribution in [0.5, 0.6) is 0 Å². The van der Waals surface area contributed by atoms with Crippen molar-refractivity contribution in [2.75, 3.05) is 29.6 Å². The number of aromatic nitrogens is 1. The summed E-state index contributed by atoms with van der Waals surface area (Å²) in [6, 6.07) is 7.59. The van der Waals surface area contributed by atoms with E-state index in [1.165, 1.54) is 28.0 Å². The Bertz CT molecular complexity index is 1270. The maximum atomic E-state index is 13.4. The summed E-state index contributed by atoms with van der Waals surface area (Å²) >= 11 is 0. The number of carbonyl (C=O) groups is 4. The van der Waals surface area contributed by atoms with Crippen LogP contribution >= 0.6 is 0 Å². The predicted octanol–water partition coefficient (Wildman–Crippen LogP) is 3.02. The van der Waals surface area contributed by atoms with Gasteiger partial charge in [0.15, 0.2) is 0 Å². The average Bonchev–Trinajstić information content (AvgIpc) is 3.40. The molecule has 208 valence electrons. The molecular formula is C25H26F3N5O6. The molecule has 2 aliphatic rings. The molecule has 0 saturated carbocycles. The van der Waals surface area contributed by atoms with Crippen molar-refractivity contribution in [3.05, 3.63) is 54.4 Å². The topological polar surface area (TPSA) is 124 Å². The third-order valence-electron chi connectivity index (χ3n) is 6.64. The Hall–Kier alpha value is -4.04. The Morgan fingerprint density at radius 1 is 1.18 bits per heavy atom. The molecule has 1 aromatic carbocycles. The van der Waals surface area contributed by atoms with Crippen LogP contribution in [-0.2, 0) is 25.8 Å². The number of urea groups is 1. The molecule has 0 radical (unpaired) electrons. The zero-order chi connectivity index (χ0) is 28.5. The van der Waals surface area contributed by atoms with E-state index in [2.05, 4.69) is 9.82 Å². The van der Waals surface area contributed by atoms with Crippen molar-refractivity contribution in [2.24, 2.45) is 5.92 Å². The van der Waals surface area contributed by atoms with E-state index in [1.807, 2.05) is 0 Å². The van der Waals surface area contributed by atoms with E-state index in [4.69, 9.17) is 5.11 Å². The third-order valence-corrected chi connectivity index (χ3v) is 6.64. The first-order valence-corrected chi connectivity index (χ1v) is 12.0.